The van der Waals surface area contributed by atoms with Gasteiger partial charge in [-0.05, 0) is 65.2 Å². The van der Waals surface area contributed by atoms with Gasteiger partial charge in [-0.1, -0.05) is 18.2 Å². The highest BCUT2D eigenvalue weighted by atomic mass is 79.9. The molecule has 1 amide bonds. The van der Waals surface area contributed by atoms with Crippen molar-refractivity contribution in [2.24, 2.45) is 0 Å². The molecular formula is C17H19BrN2O. The Hall–Kier alpha value is -1.81. The van der Waals surface area contributed by atoms with Gasteiger partial charge in [0, 0.05) is 28.8 Å². The Morgan fingerprint density at radius 1 is 1.10 bits per heavy atom. The summed E-state index contributed by atoms with van der Waals surface area (Å²) in [5, 5.41) is 6.18. The van der Waals surface area contributed by atoms with Crippen molar-refractivity contribution in [2.45, 2.75) is 20.3 Å². The number of benzene rings is 2. The highest BCUT2D eigenvalue weighted by Crippen LogP contribution is 2.21. The third-order valence-corrected chi connectivity index (χ3v) is 3.74. The summed E-state index contributed by atoms with van der Waals surface area (Å²) in [5.41, 5.74) is 4.16. The smallest absolute Gasteiger partial charge is 0.226 e. The van der Waals surface area contributed by atoms with Crippen LogP contribution in [0, 0.1) is 13.8 Å². The molecule has 0 aliphatic rings. The second kappa shape index (κ2) is 7.27. The molecule has 0 heterocycles. The molecule has 0 atom stereocenters. The average Bonchev–Trinajstić information content (AvgIpc) is 2.39. The van der Waals surface area contributed by atoms with Crippen molar-refractivity contribution in [2.75, 3.05) is 17.2 Å². The zero-order chi connectivity index (χ0) is 15.2. The van der Waals surface area contributed by atoms with E-state index in [0.29, 0.717) is 13.0 Å². The summed E-state index contributed by atoms with van der Waals surface area (Å²) >= 11 is 3.47. The number of hydrogen-bond donors (Lipinski definition) is 2. The van der Waals surface area contributed by atoms with E-state index in [4.69, 9.17) is 0 Å². The van der Waals surface area contributed by atoms with Gasteiger partial charge in [-0.15, -0.1) is 0 Å². The van der Waals surface area contributed by atoms with Crippen LogP contribution in [0.1, 0.15) is 17.5 Å². The van der Waals surface area contributed by atoms with Crippen molar-refractivity contribution in [3.05, 3.63) is 58.1 Å². The molecular weight excluding hydrogens is 328 g/mol. The molecule has 0 aliphatic heterocycles. The monoisotopic (exact) mass is 346 g/mol. The summed E-state index contributed by atoms with van der Waals surface area (Å²) in [6.45, 7) is 4.65. The fourth-order valence-electron chi connectivity index (χ4n) is 2.19. The molecule has 3 nitrogen and oxygen atoms in total. The van der Waals surface area contributed by atoms with Crippen LogP contribution in [0.25, 0.3) is 0 Å². The van der Waals surface area contributed by atoms with E-state index in [1.807, 2.05) is 50.2 Å². The molecule has 0 spiro atoms. The number of para-hydroxylation sites is 1. The van der Waals surface area contributed by atoms with Crippen LogP contribution < -0.4 is 10.6 Å². The summed E-state index contributed by atoms with van der Waals surface area (Å²) in [7, 11) is 0. The minimum atomic E-state index is 0.0135. The van der Waals surface area contributed by atoms with Gasteiger partial charge in [-0.25, -0.2) is 0 Å². The molecule has 4 heteroatoms. The van der Waals surface area contributed by atoms with Crippen LogP contribution in [-0.2, 0) is 4.79 Å². The van der Waals surface area contributed by atoms with E-state index in [1.54, 1.807) is 0 Å². The number of anilines is 2. The number of aryl methyl sites for hydroxylation is 2. The van der Waals surface area contributed by atoms with Gasteiger partial charge in [0.25, 0.3) is 0 Å². The van der Waals surface area contributed by atoms with Crippen molar-refractivity contribution in [1.82, 2.24) is 0 Å². The third kappa shape index (κ3) is 4.90. The Labute approximate surface area is 133 Å². The lowest BCUT2D eigenvalue weighted by Crippen LogP contribution is -2.16. The predicted molar refractivity (Wildman–Crippen MR) is 91.8 cm³/mol. The predicted octanol–water partition coefficient (Wildman–Crippen LogP) is 4.51. The first-order valence-electron chi connectivity index (χ1n) is 6.91. The minimum absolute atomic E-state index is 0.0135. The fraction of sp³-hybridized carbons (Fsp3) is 0.235. The van der Waals surface area contributed by atoms with Crippen LogP contribution in [0.4, 0.5) is 11.4 Å². The average molecular weight is 347 g/mol. The fourth-order valence-corrected chi connectivity index (χ4v) is 2.61. The first kappa shape index (κ1) is 15.6. The van der Waals surface area contributed by atoms with E-state index in [0.717, 1.165) is 27.0 Å². The van der Waals surface area contributed by atoms with Crippen molar-refractivity contribution >= 4 is 33.2 Å². The van der Waals surface area contributed by atoms with Crippen molar-refractivity contribution in [3.63, 3.8) is 0 Å². The molecule has 2 N–H and O–H groups in total. The topological polar surface area (TPSA) is 41.1 Å². The Bertz CT molecular complexity index is 620. The molecule has 0 radical (unpaired) electrons. The number of nitrogens with one attached hydrogen (secondary N) is 2. The number of carbonyl (C=O) groups is 1. The zero-order valence-electron chi connectivity index (χ0n) is 12.2. The minimum Gasteiger partial charge on any atom is -0.384 e. The van der Waals surface area contributed by atoms with Gasteiger partial charge in [0.1, 0.15) is 0 Å². The van der Waals surface area contributed by atoms with Gasteiger partial charge in [0.05, 0.1) is 0 Å². The van der Waals surface area contributed by atoms with E-state index >= 15 is 0 Å². The van der Waals surface area contributed by atoms with Crippen molar-refractivity contribution in [3.8, 4) is 0 Å². The summed E-state index contributed by atoms with van der Waals surface area (Å²) in [5.74, 6) is 0.0135. The van der Waals surface area contributed by atoms with Gasteiger partial charge < -0.3 is 10.6 Å². The van der Waals surface area contributed by atoms with Gasteiger partial charge in [-0.3, -0.25) is 4.79 Å². The molecule has 0 aliphatic carbocycles. The van der Waals surface area contributed by atoms with Crippen LogP contribution in [0.15, 0.2) is 46.9 Å². The van der Waals surface area contributed by atoms with Gasteiger partial charge in [0.15, 0.2) is 0 Å². The molecule has 21 heavy (non-hydrogen) atoms. The van der Waals surface area contributed by atoms with E-state index < -0.39 is 0 Å². The highest BCUT2D eigenvalue weighted by Gasteiger charge is 2.04. The number of rotatable bonds is 5. The second-order valence-electron chi connectivity index (χ2n) is 5.08. The standard InChI is InChI=1S/C17H19BrN2O/c1-12-9-13(2)11-14(10-12)20-17(21)7-8-19-16-6-4-3-5-15(16)18/h3-6,9-11,19H,7-8H2,1-2H3,(H,20,21). The number of carbonyl (C=O) groups excluding carboxylic acids is 1. The molecule has 2 rings (SSSR count). The molecule has 0 saturated heterocycles. The Kier molecular flexibility index (Phi) is 5.39. The zero-order valence-corrected chi connectivity index (χ0v) is 13.8. The Morgan fingerprint density at radius 2 is 1.76 bits per heavy atom. The Morgan fingerprint density at radius 3 is 2.43 bits per heavy atom. The Balaban J connectivity index is 1.84. The first-order valence-corrected chi connectivity index (χ1v) is 7.70. The van der Waals surface area contributed by atoms with E-state index in [-0.39, 0.29) is 5.91 Å². The maximum absolute atomic E-state index is 11.9. The van der Waals surface area contributed by atoms with Crippen LogP contribution in [-0.4, -0.2) is 12.5 Å². The van der Waals surface area contributed by atoms with Crippen LogP contribution in [0.5, 0.6) is 0 Å². The largest absolute Gasteiger partial charge is 0.384 e. The lowest BCUT2D eigenvalue weighted by atomic mass is 10.1. The molecule has 0 fully saturated rings. The maximum atomic E-state index is 11.9. The number of amides is 1. The first-order chi connectivity index (χ1) is 10.0. The summed E-state index contributed by atoms with van der Waals surface area (Å²) in [6, 6.07) is 13.9. The van der Waals surface area contributed by atoms with E-state index in [1.165, 1.54) is 0 Å². The quantitative estimate of drug-likeness (QED) is 0.836. The molecule has 110 valence electrons. The summed E-state index contributed by atoms with van der Waals surface area (Å²) in [6.07, 6.45) is 0.425. The molecule has 2 aromatic carbocycles. The number of halogens is 1. The molecule has 2 aromatic rings. The van der Waals surface area contributed by atoms with Crippen molar-refractivity contribution < 1.29 is 4.79 Å². The normalized spacial score (nSPS) is 10.2. The lowest BCUT2D eigenvalue weighted by molar-refractivity contribution is -0.115. The summed E-state index contributed by atoms with van der Waals surface area (Å²) < 4.78 is 1.000. The second-order valence-corrected chi connectivity index (χ2v) is 5.94. The highest BCUT2D eigenvalue weighted by molar-refractivity contribution is 9.10. The van der Waals surface area contributed by atoms with E-state index in [9.17, 15) is 4.79 Å². The van der Waals surface area contributed by atoms with E-state index in [2.05, 4.69) is 32.6 Å². The van der Waals surface area contributed by atoms with Gasteiger partial charge >= 0.3 is 0 Å². The van der Waals surface area contributed by atoms with Crippen LogP contribution >= 0.6 is 15.9 Å². The molecule has 0 bridgehead atoms. The summed E-state index contributed by atoms with van der Waals surface area (Å²) in [4.78, 5) is 11.9. The lowest BCUT2D eigenvalue weighted by Gasteiger charge is -2.10. The molecule has 0 aromatic heterocycles. The molecule has 0 unspecified atom stereocenters. The third-order valence-electron chi connectivity index (χ3n) is 3.05. The SMILES string of the molecule is Cc1cc(C)cc(NC(=O)CCNc2ccccc2Br)c1. The van der Waals surface area contributed by atoms with Crippen LogP contribution in [0.3, 0.4) is 0 Å². The van der Waals surface area contributed by atoms with Gasteiger partial charge in [0.2, 0.25) is 5.91 Å². The maximum Gasteiger partial charge on any atom is 0.226 e. The molecule has 0 saturated carbocycles. The number of hydrogen-bond acceptors (Lipinski definition) is 2. The van der Waals surface area contributed by atoms with Crippen molar-refractivity contribution in [1.29, 1.82) is 0 Å². The van der Waals surface area contributed by atoms with Gasteiger partial charge in [-0.2, -0.15) is 0 Å². The van der Waals surface area contributed by atoms with Crippen LogP contribution in [0.2, 0.25) is 0 Å².